The molecule has 9 heteroatoms. The molecule has 2 rings (SSSR count). The van der Waals surface area contributed by atoms with E-state index in [0.717, 1.165) is 0 Å². The van der Waals surface area contributed by atoms with Crippen LogP contribution in [0.15, 0.2) is 35.1 Å². The molecule has 0 saturated carbocycles. The maximum Gasteiger partial charge on any atom is 0.312 e. The third kappa shape index (κ3) is 3.39. The fourth-order valence-electron chi connectivity index (χ4n) is 1.41. The molecule has 0 atom stereocenters. The molecule has 0 unspecified atom stereocenters. The van der Waals surface area contributed by atoms with Crippen molar-refractivity contribution in [3.63, 3.8) is 0 Å². The predicted molar refractivity (Wildman–Crippen MR) is 75.0 cm³/mol. The number of aromatic nitrogens is 2. The predicted octanol–water partition coefficient (Wildman–Crippen LogP) is 2.01. The van der Waals surface area contributed by atoms with Crippen molar-refractivity contribution >= 4 is 27.4 Å². The fourth-order valence-corrected chi connectivity index (χ4v) is 1.76. The largest absolute Gasteiger partial charge is 0.480 e. The quantitative estimate of drug-likeness (QED) is 0.486. The summed E-state index contributed by atoms with van der Waals surface area (Å²) in [6, 6.07) is 4.56. The minimum absolute atomic E-state index is 0.0698. The van der Waals surface area contributed by atoms with Crippen LogP contribution in [0.2, 0.25) is 0 Å². The van der Waals surface area contributed by atoms with Gasteiger partial charge in [-0.3, -0.25) is 15.1 Å². The second kappa shape index (κ2) is 6.26. The number of halogens is 1. The van der Waals surface area contributed by atoms with Crippen molar-refractivity contribution in [1.29, 1.82) is 0 Å². The number of anilines is 1. The van der Waals surface area contributed by atoms with Gasteiger partial charge in [-0.25, -0.2) is 10.8 Å². The van der Waals surface area contributed by atoms with E-state index in [1.807, 2.05) is 0 Å². The van der Waals surface area contributed by atoms with Crippen LogP contribution in [-0.2, 0) is 6.61 Å². The molecule has 0 saturated heterocycles. The first-order valence-electron chi connectivity index (χ1n) is 5.44. The summed E-state index contributed by atoms with van der Waals surface area (Å²) in [5.41, 5.74) is 2.76. The summed E-state index contributed by atoms with van der Waals surface area (Å²) >= 11 is 3.18. The van der Waals surface area contributed by atoms with Gasteiger partial charge in [0, 0.05) is 10.5 Å². The molecule has 1 aromatic carbocycles. The van der Waals surface area contributed by atoms with E-state index >= 15 is 0 Å². The van der Waals surface area contributed by atoms with Gasteiger partial charge in [0.2, 0.25) is 0 Å². The number of rotatable bonds is 5. The van der Waals surface area contributed by atoms with Gasteiger partial charge in [0.05, 0.1) is 23.0 Å². The number of nitrogen functional groups attached to an aromatic ring is 1. The first-order chi connectivity index (χ1) is 9.60. The number of ether oxygens (including phenoxy) is 1. The van der Waals surface area contributed by atoms with E-state index in [1.54, 1.807) is 6.07 Å². The number of hydrogen-bond acceptors (Lipinski definition) is 7. The van der Waals surface area contributed by atoms with Crippen molar-refractivity contribution in [1.82, 2.24) is 9.97 Å². The average molecular weight is 340 g/mol. The van der Waals surface area contributed by atoms with Gasteiger partial charge in [0.1, 0.15) is 6.61 Å². The molecule has 2 aromatic rings. The first kappa shape index (κ1) is 14.2. The lowest BCUT2D eigenvalue weighted by Gasteiger charge is -2.07. The van der Waals surface area contributed by atoms with Crippen LogP contribution in [0.3, 0.4) is 0 Å². The number of nitrogens with two attached hydrogens (primary N) is 1. The fraction of sp³-hybridized carbons (Fsp3) is 0.0909. The zero-order valence-corrected chi connectivity index (χ0v) is 11.7. The van der Waals surface area contributed by atoms with Crippen molar-refractivity contribution in [2.45, 2.75) is 6.61 Å². The van der Waals surface area contributed by atoms with E-state index in [2.05, 4.69) is 31.3 Å². The number of hydrogen-bond donors (Lipinski definition) is 2. The van der Waals surface area contributed by atoms with Crippen molar-refractivity contribution in [2.75, 3.05) is 5.43 Å². The summed E-state index contributed by atoms with van der Waals surface area (Å²) in [5, 5.41) is 10.9. The highest BCUT2D eigenvalue weighted by atomic mass is 79.9. The Bertz CT molecular complexity index is 620. The summed E-state index contributed by atoms with van der Waals surface area (Å²) in [5.74, 6) is 5.76. The Morgan fingerprint density at radius 3 is 2.80 bits per heavy atom. The molecule has 0 aliphatic rings. The van der Waals surface area contributed by atoms with E-state index in [1.165, 1.54) is 24.5 Å². The topological polar surface area (TPSA) is 116 Å². The van der Waals surface area contributed by atoms with Gasteiger partial charge >= 0.3 is 5.69 Å². The lowest BCUT2D eigenvalue weighted by Crippen LogP contribution is -2.09. The van der Waals surface area contributed by atoms with E-state index in [4.69, 9.17) is 10.6 Å². The van der Waals surface area contributed by atoms with Crippen LogP contribution in [0, 0.1) is 10.1 Å². The van der Waals surface area contributed by atoms with Crippen molar-refractivity contribution in [3.8, 4) is 5.75 Å². The zero-order chi connectivity index (χ0) is 14.5. The molecular weight excluding hydrogens is 330 g/mol. The Balaban J connectivity index is 2.12. The lowest BCUT2D eigenvalue weighted by molar-refractivity contribution is -0.386. The molecule has 1 aromatic heterocycles. The molecule has 0 fully saturated rings. The minimum Gasteiger partial charge on any atom is -0.480 e. The maximum absolute atomic E-state index is 10.9. The molecule has 0 spiro atoms. The van der Waals surface area contributed by atoms with Gasteiger partial charge in [-0.1, -0.05) is 15.9 Å². The summed E-state index contributed by atoms with van der Waals surface area (Å²) in [6.07, 6.45) is 2.91. The van der Waals surface area contributed by atoms with Gasteiger partial charge in [-0.05, 0) is 12.1 Å². The number of benzene rings is 1. The summed E-state index contributed by atoms with van der Waals surface area (Å²) in [6.45, 7) is 0.0698. The molecule has 104 valence electrons. The summed E-state index contributed by atoms with van der Waals surface area (Å²) in [4.78, 5) is 18.4. The first-order valence-corrected chi connectivity index (χ1v) is 6.23. The van der Waals surface area contributed by atoms with Gasteiger partial charge in [0.25, 0.3) is 0 Å². The van der Waals surface area contributed by atoms with Crippen molar-refractivity contribution in [3.05, 3.63) is 50.9 Å². The van der Waals surface area contributed by atoms with Crippen molar-refractivity contribution < 1.29 is 9.66 Å². The smallest absolute Gasteiger partial charge is 0.312 e. The Hall–Kier alpha value is -2.26. The highest BCUT2D eigenvalue weighted by Gasteiger charge is 2.15. The molecule has 0 bridgehead atoms. The molecule has 0 aliphatic carbocycles. The molecule has 0 radical (unpaired) electrons. The van der Waals surface area contributed by atoms with E-state index in [-0.39, 0.29) is 18.0 Å². The molecule has 0 aliphatic heterocycles. The maximum atomic E-state index is 10.9. The monoisotopic (exact) mass is 339 g/mol. The van der Waals surface area contributed by atoms with Crippen LogP contribution in [0.1, 0.15) is 5.69 Å². The third-order valence-electron chi connectivity index (χ3n) is 2.35. The van der Waals surface area contributed by atoms with Crippen LogP contribution < -0.4 is 16.0 Å². The minimum atomic E-state index is -0.507. The Kier molecular flexibility index (Phi) is 4.43. The molecule has 20 heavy (non-hydrogen) atoms. The standard InChI is InChI=1S/C11H10BrN5O3/c12-7-1-2-10(9(3-7)17(18)19)20-6-8-4-15-11(16-13)5-14-8/h1-5H,6,13H2,(H,15,16). The Morgan fingerprint density at radius 2 is 2.20 bits per heavy atom. The number of nitrogens with one attached hydrogen (secondary N) is 1. The molecule has 3 N–H and O–H groups in total. The highest BCUT2D eigenvalue weighted by Crippen LogP contribution is 2.30. The average Bonchev–Trinajstić information content (AvgIpc) is 2.46. The number of nitro benzene ring substituents is 1. The van der Waals surface area contributed by atoms with E-state index in [9.17, 15) is 10.1 Å². The Labute approximate surface area is 122 Å². The Morgan fingerprint density at radius 1 is 1.40 bits per heavy atom. The molecule has 0 amide bonds. The van der Waals surface area contributed by atoms with Gasteiger partial charge in [0.15, 0.2) is 11.6 Å². The third-order valence-corrected chi connectivity index (χ3v) is 2.84. The van der Waals surface area contributed by atoms with Crippen LogP contribution >= 0.6 is 15.9 Å². The number of nitrogens with zero attached hydrogens (tertiary/aromatic N) is 3. The van der Waals surface area contributed by atoms with Crippen LogP contribution in [0.25, 0.3) is 0 Å². The van der Waals surface area contributed by atoms with E-state index in [0.29, 0.717) is 16.0 Å². The molecule has 1 heterocycles. The molecule has 8 nitrogen and oxygen atoms in total. The van der Waals surface area contributed by atoms with Crippen LogP contribution in [0.4, 0.5) is 11.5 Å². The van der Waals surface area contributed by atoms with Crippen LogP contribution in [-0.4, -0.2) is 14.9 Å². The highest BCUT2D eigenvalue weighted by molar-refractivity contribution is 9.10. The molecular formula is C11H10BrN5O3. The summed E-state index contributed by atoms with van der Waals surface area (Å²) in [7, 11) is 0. The van der Waals surface area contributed by atoms with Crippen molar-refractivity contribution in [2.24, 2.45) is 5.84 Å². The van der Waals surface area contributed by atoms with Crippen LogP contribution in [0.5, 0.6) is 5.75 Å². The lowest BCUT2D eigenvalue weighted by atomic mass is 10.3. The van der Waals surface area contributed by atoms with Gasteiger partial charge in [-0.15, -0.1) is 0 Å². The van der Waals surface area contributed by atoms with Gasteiger partial charge in [-0.2, -0.15) is 0 Å². The second-order valence-corrected chi connectivity index (χ2v) is 4.61. The summed E-state index contributed by atoms with van der Waals surface area (Å²) < 4.78 is 6.00. The van der Waals surface area contributed by atoms with E-state index < -0.39 is 4.92 Å². The normalized spacial score (nSPS) is 10.1. The number of hydrazine groups is 1. The second-order valence-electron chi connectivity index (χ2n) is 3.70. The van der Waals surface area contributed by atoms with Gasteiger partial charge < -0.3 is 10.2 Å². The zero-order valence-electron chi connectivity index (χ0n) is 10.1. The SMILES string of the molecule is NNc1cnc(COc2ccc(Br)cc2[N+](=O)[O-])cn1. The number of nitro groups is 1.